The predicted molar refractivity (Wildman–Crippen MR) is 132 cm³/mol. The van der Waals surface area contributed by atoms with Crippen molar-refractivity contribution in [2.24, 2.45) is 5.92 Å². The Kier molecular flexibility index (Phi) is 7.54. The molecule has 1 aliphatic rings. The quantitative estimate of drug-likeness (QED) is 0.430. The Labute approximate surface area is 203 Å². The maximum atomic E-state index is 12.7. The van der Waals surface area contributed by atoms with Crippen molar-refractivity contribution in [2.45, 2.75) is 20.0 Å². The average Bonchev–Trinajstić information content (AvgIpc) is 3.25. The summed E-state index contributed by atoms with van der Waals surface area (Å²) in [5.41, 5.74) is 8.05. The fourth-order valence-electron chi connectivity index (χ4n) is 3.67. The van der Waals surface area contributed by atoms with Crippen molar-refractivity contribution >= 4 is 34.8 Å². The van der Waals surface area contributed by atoms with Gasteiger partial charge in [0.15, 0.2) is 0 Å². The zero-order valence-electron chi connectivity index (χ0n) is 18.8. The summed E-state index contributed by atoms with van der Waals surface area (Å²) in [7, 11) is 0. The van der Waals surface area contributed by atoms with Gasteiger partial charge in [-0.05, 0) is 61.0 Å². The number of nitrogens with zero attached hydrogens (tertiary/aromatic N) is 1. The molecule has 8 heteroatoms. The van der Waals surface area contributed by atoms with Crippen molar-refractivity contribution < 1.29 is 19.1 Å². The number of amides is 2. The van der Waals surface area contributed by atoms with Gasteiger partial charge >= 0.3 is 0 Å². The van der Waals surface area contributed by atoms with Crippen LogP contribution in [0, 0.1) is 5.92 Å². The van der Waals surface area contributed by atoms with E-state index in [2.05, 4.69) is 10.9 Å². The largest absolute Gasteiger partial charge is 0.494 e. The van der Waals surface area contributed by atoms with Crippen LogP contribution in [0.2, 0.25) is 5.02 Å². The van der Waals surface area contributed by atoms with Crippen LogP contribution < -0.4 is 25.2 Å². The number of carbonyl (C=O) groups is 2. The van der Waals surface area contributed by atoms with E-state index in [1.807, 2.05) is 73.7 Å². The third-order valence-electron chi connectivity index (χ3n) is 5.44. The highest BCUT2D eigenvalue weighted by Crippen LogP contribution is 2.27. The Balaban J connectivity index is 1.29. The molecule has 7 nitrogen and oxygen atoms in total. The van der Waals surface area contributed by atoms with Crippen molar-refractivity contribution in [1.82, 2.24) is 5.43 Å². The topological polar surface area (TPSA) is 79.9 Å². The molecule has 1 heterocycles. The van der Waals surface area contributed by atoms with Crippen LogP contribution >= 0.6 is 11.6 Å². The lowest BCUT2D eigenvalue weighted by Crippen LogP contribution is -2.36. The fraction of sp³-hybridized carbons (Fsp3) is 0.231. The van der Waals surface area contributed by atoms with Crippen molar-refractivity contribution in [1.29, 1.82) is 0 Å². The Morgan fingerprint density at radius 3 is 2.53 bits per heavy atom. The van der Waals surface area contributed by atoms with Gasteiger partial charge in [0.1, 0.15) is 18.1 Å². The summed E-state index contributed by atoms with van der Waals surface area (Å²) in [6.45, 7) is 3.22. The first-order valence-corrected chi connectivity index (χ1v) is 11.5. The maximum absolute atomic E-state index is 12.7. The second-order valence-corrected chi connectivity index (χ2v) is 8.33. The van der Waals surface area contributed by atoms with Gasteiger partial charge in [0.05, 0.1) is 18.2 Å². The number of hydrogen-bond donors (Lipinski definition) is 2. The van der Waals surface area contributed by atoms with Crippen LogP contribution in [-0.2, 0) is 16.2 Å². The zero-order valence-corrected chi connectivity index (χ0v) is 19.5. The van der Waals surface area contributed by atoms with Crippen LogP contribution in [0.25, 0.3) is 0 Å². The molecule has 0 spiro atoms. The van der Waals surface area contributed by atoms with E-state index >= 15 is 0 Å². The predicted octanol–water partition coefficient (Wildman–Crippen LogP) is 4.81. The third kappa shape index (κ3) is 5.99. The first-order valence-electron chi connectivity index (χ1n) is 11.1. The normalized spacial score (nSPS) is 15.2. The molecule has 2 N–H and O–H groups in total. The first kappa shape index (κ1) is 23.4. The van der Waals surface area contributed by atoms with Gasteiger partial charge < -0.3 is 14.4 Å². The lowest BCUT2D eigenvalue weighted by molar-refractivity contribution is -0.125. The molecule has 3 aromatic rings. The average molecular weight is 480 g/mol. The number of nitrogens with one attached hydrogen (secondary N) is 2. The van der Waals surface area contributed by atoms with Crippen LogP contribution in [0.4, 0.5) is 11.4 Å². The summed E-state index contributed by atoms with van der Waals surface area (Å²) < 4.78 is 11.3. The van der Waals surface area contributed by atoms with Crippen LogP contribution in [0.3, 0.4) is 0 Å². The summed E-state index contributed by atoms with van der Waals surface area (Å²) in [5.74, 6) is 0.634. The second kappa shape index (κ2) is 10.9. The summed E-state index contributed by atoms with van der Waals surface area (Å²) >= 11 is 5.91. The Hall–Kier alpha value is -3.71. The lowest BCUT2D eigenvalue weighted by Gasteiger charge is -2.17. The monoisotopic (exact) mass is 479 g/mol. The molecule has 1 saturated heterocycles. The number of ether oxygens (including phenoxy) is 2. The summed E-state index contributed by atoms with van der Waals surface area (Å²) in [6.07, 6.45) is 0.158. The smallest absolute Gasteiger partial charge is 0.243 e. The zero-order chi connectivity index (χ0) is 23.9. The first-order chi connectivity index (χ1) is 16.5. The van der Waals surface area contributed by atoms with Gasteiger partial charge in [0, 0.05) is 29.7 Å². The summed E-state index contributed by atoms with van der Waals surface area (Å²) in [5, 5.41) is 0.678. The number of hydrazine groups is 1. The molecule has 1 fully saturated rings. The van der Waals surface area contributed by atoms with Crippen LogP contribution in [-0.4, -0.2) is 25.0 Å². The van der Waals surface area contributed by atoms with E-state index in [9.17, 15) is 9.59 Å². The van der Waals surface area contributed by atoms with Gasteiger partial charge in [-0.15, -0.1) is 0 Å². The van der Waals surface area contributed by atoms with Crippen molar-refractivity contribution in [2.75, 3.05) is 23.5 Å². The van der Waals surface area contributed by atoms with Gasteiger partial charge in [0.2, 0.25) is 11.8 Å². The van der Waals surface area contributed by atoms with Gasteiger partial charge in [-0.1, -0.05) is 29.8 Å². The molecule has 1 atom stereocenters. The van der Waals surface area contributed by atoms with Crippen LogP contribution in [0.1, 0.15) is 18.9 Å². The van der Waals surface area contributed by atoms with E-state index in [1.165, 1.54) is 0 Å². The van der Waals surface area contributed by atoms with Crippen molar-refractivity contribution in [3.8, 4) is 11.5 Å². The highest BCUT2D eigenvalue weighted by atomic mass is 35.5. The molecule has 3 aromatic carbocycles. The highest BCUT2D eigenvalue weighted by molar-refractivity contribution is 6.30. The molecule has 176 valence electrons. The van der Waals surface area contributed by atoms with Crippen LogP contribution in [0.5, 0.6) is 11.5 Å². The Morgan fingerprint density at radius 1 is 1.03 bits per heavy atom. The van der Waals surface area contributed by atoms with Gasteiger partial charge in [0.25, 0.3) is 0 Å². The highest BCUT2D eigenvalue weighted by Gasteiger charge is 2.35. The minimum absolute atomic E-state index is 0.0816. The van der Waals surface area contributed by atoms with E-state index in [4.69, 9.17) is 21.1 Å². The Morgan fingerprint density at radius 2 is 1.79 bits per heavy atom. The molecule has 0 aromatic heterocycles. The molecule has 0 saturated carbocycles. The number of hydrogen-bond acceptors (Lipinski definition) is 5. The molecule has 0 bridgehead atoms. The number of carbonyl (C=O) groups excluding carboxylic acids is 2. The van der Waals surface area contributed by atoms with Gasteiger partial charge in [-0.2, -0.15) is 0 Å². The lowest BCUT2D eigenvalue weighted by atomic mass is 10.1. The van der Waals surface area contributed by atoms with E-state index in [-0.39, 0.29) is 18.2 Å². The number of anilines is 2. The SMILES string of the molecule is CCOc1ccc(N2C[C@H](C(=O)NNc3cccc(OCc4ccc(Cl)cc4)c3)CC2=O)cc1. The maximum Gasteiger partial charge on any atom is 0.243 e. The van der Waals surface area contributed by atoms with E-state index in [1.54, 1.807) is 11.0 Å². The molecule has 4 rings (SSSR count). The molecule has 0 radical (unpaired) electrons. The molecule has 2 amide bonds. The number of rotatable bonds is 9. The fourth-order valence-corrected chi connectivity index (χ4v) is 3.79. The van der Waals surface area contributed by atoms with Crippen molar-refractivity contribution in [3.05, 3.63) is 83.4 Å². The molecular weight excluding hydrogens is 454 g/mol. The van der Waals surface area contributed by atoms with Crippen molar-refractivity contribution in [3.63, 3.8) is 0 Å². The second-order valence-electron chi connectivity index (χ2n) is 7.89. The Bertz CT molecular complexity index is 1140. The minimum Gasteiger partial charge on any atom is -0.494 e. The number of halogens is 1. The van der Waals surface area contributed by atoms with E-state index < -0.39 is 5.92 Å². The molecular formula is C26H26ClN3O4. The van der Waals surface area contributed by atoms with Crippen LogP contribution in [0.15, 0.2) is 72.8 Å². The van der Waals surface area contributed by atoms with E-state index in [0.29, 0.717) is 36.2 Å². The standard InChI is InChI=1S/C26H26ClN3O4/c1-2-33-23-12-10-22(11-13-23)30-16-19(14-25(30)31)26(32)29-28-21-4-3-5-24(15-21)34-17-18-6-8-20(27)9-7-18/h3-13,15,19,28H,2,14,16-17H2,1H3,(H,29,32)/t19-/m1/s1. The van der Waals surface area contributed by atoms with E-state index in [0.717, 1.165) is 17.0 Å². The third-order valence-corrected chi connectivity index (χ3v) is 5.69. The molecule has 0 aliphatic carbocycles. The summed E-state index contributed by atoms with van der Waals surface area (Å²) in [4.78, 5) is 26.8. The molecule has 0 unspecified atom stereocenters. The summed E-state index contributed by atoms with van der Waals surface area (Å²) in [6, 6.07) is 22.0. The molecule has 1 aliphatic heterocycles. The molecule has 34 heavy (non-hydrogen) atoms. The minimum atomic E-state index is -0.448. The van der Waals surface area contributed by atoms with Gasteiger partial charge in [-0.3, -0.25) is 20.4 Å². The number of benzene rings is 3. The van der Waals surface area contributed by atoms with Gasteiger partial charge in [-0.25, -0.2) is 0 Å².